The Labute approximate surface area is 177 Å². The summed E-state index contributed by atoms with van der Waals surface area (Å²) in [5, 5.41) is 0. The number of rotatable bonds is 16. The second-order valence-corrected chi connectivity index (χ2v) is 10.7. The van der Waals surface area contributed by atoms with Crippen molar-refractivity contribution in [1.29, 1.82) is 0 Å². The van der Waals surface area contributed by atoms with Gasteiger partial charge in [-0.2, -0.15) is 0 Å². The Morgan fingerprint density at radius 1 is 0.821 bits per heavy atom. The van der Waals surface area contributed by atoms with E-state index < -0.39 is 0 Å². The first-order chi connectivity index (χ1) is 12.9. The maximum absolute atomic E-state index is 6.41. The van der Waals surface area contributed by atoms with Gasteiger partial charge in [0, 0.05) is 13.2 Å². The number of hydrogen-bond donors (Lipinski definition) is 0. The molecule has 28 heavy (non-hydrogen) atoms. The van der Waals surface area contributed by atoms with E-state index in [0.717, 1.165) is 31.5 Å². The van der Waals surface area contributed by atoms with Crippen LogP contribution in [-0.2, 0) is 9.47 Å². The second kappa shape index (κ2) is 13.8. The standard InChI is InChI=1S/C26H52O2/c1-21(2)13-11-14-23(5)17-20-28-26(9,10)25(7,8)18-12-15-24(6)16-19-27-22(3)4/h13,22-24H,11-12,14-20H2,1-10H3. The highest BCUT2D eigenvalue weighted by molar-refractivity contribution is 4.92. The molecule has 0 saturated heterocycles. The van der Waals surface area contributed by atoms with Gasteiger partial charge in [0.05, 0.1) is 11.7 Å². The molecule has 0 N–H and O–H groups in total. The summed E-state index contributed by atoms with van der Waals surface area (Å²) in [6.07, 6.45) is 11.2. The summed E-state index contributed by atoms with van der Waals surface area (Å²) in [5.74, 6) is 1.46. The van der Waals surface area contributed by atoms with Crippen LogP contribution in [0.2, 0.25) is 0 Å². The van der Waals surface area contributed by atoms with Gasteiger partial charge in [0.25, 0.3) is 0 Å². The Morgan fingerprint density at radius 3 is 1.96 bits per heavy atom. The lowest BCUT2D eigenvalue weighted by Gasteiger charge is -2.42. The minimum atomic E-state index is -0.0867. The normalized spacial score (nSPS) is 15.0. The lowest BCUT2D eigenvalue weighted by atomic mass is 9.73. The highest BCUT2D eigenvalue weighted by Gasteiger charge is 2.37. The van der Waals surface area contributed by atoms with Crippen LogP contribution in [-0.4, -0.2) is 24.9 Å². The topological polar surface area (TPSA) is 18.5 Å². The van der Waals surface area contributed by atoms with Crippen LogP contribution in [0.1, 0.15) is 114 Å². The molecule has 0 aliphatic carbocycles. The fourth-order valence-electron chi connectivity index (χ4n) is 3.35. The van der Waals surface area contributed by atoms with Gasteiger partial charge >= 0.3 is 0 Å². The van der Waals surface area contributed by atoms with Crippen LogP contribution >= 0.6 is 0 Å². The van der Waals surface area contributed by atoms with Crippen molar-refractivity contribution in [3.8, 4) is 0 Å². The summed E-state index contributed by atoms with van der Waals surface area (Å²) in [4.78, 5) is 0. The lowest BCUT2D eigenvalue weighted by molar-refractivity contribution is -0.104. The third-order valence-electron chi connectivity index (χ3n) is 6.48. The monoisotopic (exact) mass is 396 g/mol. The summed E-state index contributed by atoms with van der Waals surface area (Å²) in [7, 11) is 0. The van der Waals surface area contributed by atoms with Crippen LogP contribution < -0.4 is 0 Å². The molecule has 0 aromatic carbocycles. The molecule has 0 heterocycles. The molecule has 0 fully saturated rings. The molecular weight excluding hydrogens is 344 g/mol. The summed E-state index contributed by atoms with van der Waals surface area (Å²) in [6.45, 7) is 24.4. The molecule has 0 spiro atoms. The van der Waals surface area contributed by atoms with E-state index in [-0.39, 0.29) is 11.0 Å². The molecule has 0 saturated carbocycles. The molecule has 2 nitrogen and oxygen atoms in total. The first-order valence-corrected chi connectivity index (χ1v) is 11.8. The lowest BCUT2D eigenvalue weighted by Crippen LogP contribution is -2.42. The molecular formula is C26H52O2. The highest BCUT2D eigenvalue weighted by Crippen LogP contribution is 2.39. The largest absolute Gasteiger partial charge is 0.379 e. The van der Waals surface area contributed by atoms with E-state index in [0.29, 0.717) is 6.10 Å². The van der Waals surface area contributed by atoms with Gasteiger partial charge in [-0.15, -0.1) is 0 Å². The minimum Gasteiger partial charge on any atom is -0.379 e. The Morgan fingerprint density at radius 2 is 1.39 bits per heavy atom. The van der Waals surface area contributed by atoms with Crippen molar-refractivity contribution < 1.29 is 9.47 Å². The predicted molar refractivity (Wildman–Crippen MR) is 125 cm³/mol. The molecule has 2 heteroatoms. The smallest absolute Gasteiger partial charge is 0.0677 e. The van der Waals surface area contributed by atoms with Crippen molar-refractivity contribution in [2.45, 2.75) is 126 Å². The van der Waals surface area contributed by atoms with Gasteiger partial charge in [0.2, 0.25) is 0 Å². The van der Waals surface area contributed by atoms with E-state index >= 15 is 0 Å². The Kier molecular flexibility index (Phi) is 13.6. The van der Waals surface area contributed by atoms with Gasteiger partial charge < -0.3 is 9.47 Å². The molecule has 168 valence electrons. The van der Waals surface area contributed by atoms with Gasteiger partial charge in [-0.25, -0.2) is 0 Å². The van der Waals surface area contributed by atoms with E-state index in [1.165, 1.54) is 44.1 Å². The molecule has 0 aromatic heterocycles. The predicted octanol–water partition coefficient (Wildman–Crippen LogP) is 8.20. The maximum Gasteiger partial charge on any atom is 0.0677 e. The second-order valence-electron chi connectivity index (χ2n) is 10.7. The van der Waals surface area contributed by atoms with Crippen molar-refractivity contribution >= 4 is 0 Å². The SMILES string of the molecule is CC(C)=CCCC(C)CCOC(C)(C)C(C)(C)CCCC(C)CCOC(C)C. The first-order valence-electron chi connectivity index (χ1n) is 11.8. The van der Waals surface area contributed by atoms with Crippen LogP contribution in [0.15, 0.2) is 11.6 Å². The Balaban J connectivity index is 4.17. The summed E-state index contributed by atoms with van der Waals surface area (Å²) in [6, 6.07) is 0. The molecule has 2 atom stereocenters. The highest BCUT2D eigenvalue weighted by atomic mass is 16.5. The molecule has 0 radical (unpaired) electrons. The van der Waals surface area contributed by atoms with E-state index in [9.17, 15) is 0 Å². The van der Waals surface area contributed by atoms with Gasteiger partial charge in [0.15, 0.2) is 0 Å². The molecule has 0 bridgehead atoms. The third-order valence-corrected chi connectivity index (χ3v) is 6.48. The molecule has 2 unspecified atom stereocenters. The van der Waals surface area contributed by atoms with Gasteiger partial charge in [0.1, 0.15) is 0 Å². The van der Waals surface area contributed by atoms with Crippen molar-refractivity contribution in [3.63, 3.8) is 0 Å². The van der Waals surface area contributed by atoms with E-state index in [1.54, 1.807) is 0 Å². The quantitative estimate of drug-likeness (QED) is 0.245. The van der Waals surface area contributed by atoms with E-state index in [1.807, 2.05) is 0 Å². The summed E-state index contributed by atoms with van der Waals surface area (Å²) in [5.41, 5.74) is 1.52. The molecule has 0 aromatic rings. The van der Waals surface area contributed by atoms with Gasteiger partial charge in [-0.3, -0.25) is 0 Å². The first kappa shape index (κ1) is 27.7. The van der Waals surface area contributed by atoms with Crippen LogP contribution in [0.25, 0.3) is 0 Å². The number of allylic oxidation sites excluding steroid dienone is 2. The maximum atomic E-state index is 6.41. The van der Waals surface area contributed by atoms with Crippen LogP contribution in [0.5, 0.6) is 0 Å². The molecule has 0 rings (SSSR count). The molecule has 0 aliphatic heterocycles. The van der Waals surface area contributed by atoms with Gasteiger partial charge in [-0.05, 0) is 90.9 Å². The zero-order valence-corrected chi connectivity index (χ0v) is 21.0. The average molecular weight is 397 g/mol. The molecule has 0 amide bonds. The minimum absolute atomic E-state index is 0.0867. The zero-order chi connectivity index (χ0) is 21.8. The zero-order valence-electron chi connectivity index (χ0n) is 21.0. The summed E-state index contributed by atoms with van der Waals surface area (Å²) < 4.78 is 12.1. The van der Waals surface area contributed by atoms with Crippen molar-refractivity contribution in [2.75, 3.05) is 13.2 Å². The van der Waals surface area contributed by atoms with Crippen molar-refractivity contribution in [1.82, 2.24) is 0 Å². The van der Waals surface area contributed by atoms with Crippen LogP contribution in [0, 0.1) is 17.3 Å². The van der Waals surface area contributed by atoms with E-state index in [4.69, 9.17) is 9.47 Å². The fraction of sp³-hybridized carbons (Fsp3) is 0.923. The third kappa shape index (κ3) is 13.0. The van der Waals surface area contributed by atoms with E-state index in [2.05, 4.69) is 75.3 Å². The average Bonchev–Trinajstić information content (AvgIpc) is 2.53. The summed E-state index contributed by atoms with van der Waals surface area (Å²) >= 11 is 0. The van der Waals surface area contributed by atoms with Crippen molar-refractivity contribution in [3.05, 3.63) is 11.6 Å². The van der Waals surface area contributed by atoms with Crippen LogP contribution in [0.4, 0.5) is 0 Å². The fourth-order valence-corrected chi connectivity index (χ4v) is 3.35. The van der Waals surface area contributed by atoms with Crippen molar-refractivity contribution in [2.24, 2.45) is 17.3 Å². The number of hydrogen-bond acceptors (Lipinski definition) is 2. The number of ether oxygens (including phenoxy) is 2. The molecule has 0 aliphatic rings. The Bertz CT molecular complexity index is 416. The van der Waals surface area contributed by atoms with Gasteiger partial charge in [-0.1, -0.05) is 52.2 Å². The Hall–Kier alpha value is -0.340. The van der Waals surface area contributed by atoms with Crippen LogP contribution in [0.3, 0.4) is 0 Å².